The lowest BCUT2D eigenvalue weighted by atomic mass is 9.93. The van der Waals surface area contributed by atoms with Crippen LogP contribution in [-0.2, 0) is 0 Å². The molecule has 2 nitrogen and oxygen atoms in total. The fraction of sp³-hybridized carbons (Fsp3) is 1.00. The van der Waals surface area contributed by atoms with Crippen LogP contribution < -0.4 is 5.73 Å². The molecule has 0 aromatic carbocycles. The third-order valence-corrected chi connectivity index (χ3v) is 4.75. The van der Waals surface area contributed by atoms with Crippen molar-refractivity contribution in [3.8, 4) is 0 Å². The van der Waals surface area contributed by atoms with E-state index < -0.39 is 0 Å². The summed E-state index contributed by atoms with van der Waals surface area (Å²) in [7, 11) is 0. The highest BCUT2D eigenvalue weighted by atomic mass is 15.2. The first-order chi connectivity index (χ1) is 7.59. The Morgan fingerprint density at radius 2 is 1.88 bits per heavy atom. The second-order valence-corrected chi connectivity index (χ2v) is 6.42. The molecule has 0 spiro atoms. The Labute approximate surface area is 101 Å². The number of hydrogen-bond donors (Lipinski definition) is 1. The Bertz CT molecular complexity index is 225. The van der Waals surface area contributed by atoms with Gasteiger partial charge in [-0.15, -0.1) is 0 Å². The van der Waals surface area contributed by atoms with E-state index in [2.05, 4.69) is 18.7 Å². The fourth-order valence-corrected chi connectivity index (χ4v) is 3.42. The van der Waals surface area contributed by atoms with Gasteiger partial charge >= 0.3 is 0 Å². The highest BCUT2D eigenvalue weighted by Gasteiger charge is 2.34. The van der Waals surface area contributed by atoms with E-state index in [1.807, 2.05) is 0 Å². The third kappa shape index (κ3) is 2.78. The molecule has 2 atom stereocenters. The summed E-state index contributed by atoms with van der Waals surface area (Å²) in [4.78, 5) is 2.68. The van der Waals surface area contributed by atoms with Gasteiger partial charge in [0.15, 0.2) is 0 Å². The summed E-state index contributed by atoms with van der Waals surface area (Å²) in [5, 5.41) is 0. The number of nitrogens with zero attached hydrogens (tertiary/aromatic N) is 1. The van der Waals surface area contributed by atoms with Gasteiger partial charge in [-0.25, -0.2) is 0 Å². The zero-order valence-corrected chi connectivity index (χ0v) is 11.0. The normalized spacial score (nSPS) is 36.2. The van der Waals surface area contributed by atoms with Crippen LogP contribution in [-0.4, -0.2) is 29.6 Å². The second kappa shape index (κ2) is 5.05. The van der Waals surface area contributed by atoms with Crippen molar-refractivity contribution in [2.75, 3.05) is 13.1 Å². The highest BCUT2D eigenvalue weighted by molar-refractivity contribution is 4.90. The van der Waals surface area contributed by atoms with E-state index in [1.54, 1.807) is 0 Å². The van der Waals surface area contributed by atoms with Gasteiger partial charge in [0.1, 0.15) is 0 Å². The summed E-state index contributed by atoms with van der Waals surface area (Å²) in [6.45, 7) is 7.31. The molecule has 1 saturated heterocycles. The maximum absolute atomic E-state index is 6.32. The summed E-state index contributed by atoms with van der Waals surface area (Å²) in [6, 6.07) is 0.457. The minimum atomic E-state index is 0.423. The van der Waals surface area contributed by atoms with E-state index in [9.17, 15) is 0 Å². The SMILES string of the molecule is CC1(C)CCCN1CC1CCCCCC1N. The molecule has 1 saturated carbocycles. The summed E-state index contributed by atoms with van der Waals surface area (Å²) >= 11 is 0. The Morgan fingerprint density at radius 1 is 1.12 bits per heavy atom. The Hall–Kier alpha value is -0.0800. The molecule has 1 aliphatic heterocycles. The first-order valence-electron chi connectivity index (χ1n) is 7.10. The van der Waals surface area contributed by atoms with E-state index >= 15 is 0 Å². The summed E-state index contributed by atoms with van der Waals surface area (Å²) < 4.78 is 0. The molecular formula is C14H28N2. The molecule has 2 unspecified atom stereocenters. The first kappa shape index (κ1) is 12.4. The van der Waals surface area contributed by atoms with Crippen LogP contribution in [0.5, 0.6) is 0 Å². The molecule has 0 radical (unpaired) electrons. The van der Waals surface area contributed by atoms with Gasteiger partial charge in [0.05, 0.1) is 0 Å². The molecule has 2 aliphatic rings. The minimum absolute atomic E-state index is 0.423. The molecule has 2 heteroatoms. The Morgan fingerprint density at radius 3 is 2.56 bits per heavy atom. The molecule has 94 valence electrons. The lowest BCUT2D eigenvalue weighted by molar-refractivity contribution is 0.135. The zero-order valence-electron chi connectivity index (χ0n) is 11.0. The molecule has 16 heavy (non-hydrogen) atoms. The van der Waals surface area contributed by atoms with E-state index in [-0.39, 0.29) is 0 Å². The van der Waals surface area contributed by atoms with Crippen LogP contribution in [0, 0.1) is 5.92 Å². The fourth-order valence-electron chi connectivity index (χ4n) is 3.42. The Balaban J connectivity index is 1.92. The summed E-state index contributed by atoms with van der Waals surface area (Å²) in [5.74, 6) is 0.750. The van der Waals surface area contributed by atoms with Gasteiger partial charge < -0.3 is 5.73 Å². The lowest BCUT2D eigenvalue weighted by Crippen LogP contribution is -2.45. The number of likely N-dealkylation sites (tertiary alicyclic amines) is 1. The van der Waals surface area contributed by atoms with Crippen molar-refractivity contribution in [2.45, 2.75) is 70.4 Å². The van der Waals surface area contributed by atoms with Crippen LogP contribution in [0.2, 0.25) is 0 Å². The molecule has 0 bridgehead atoms. The standard InChI is InChI=1S/C14H28N2/c1-14(2)9-6-10-16(14)11-12-7-4-3-5-8-13(12)15/h12-13H,3-11,15H2,1-2H3. The molecule has 2 fully saturated rings. The molecular weight excluding hydrogens is 196 g/mol. The molecule has 0 amide bonds. The lowest BCUT2D eigenvalue weighted by Gasteiger charge is -2.36. The van der Waals surface area contributed by atoms with Crippen LogP contribution in [0.4, 0.5) is 0 Å². The van der Waals surface area contributed by atoms with Gasteiger partial charge in [-0.3, -0.25) is 4.90 Å². The smallest absolute Gasteiger partial charge is 0.0153 e. The average Bonchev–Trinajstić information content (AvgIpc) is 2.43. The molecule has 0 aromatic heterocycles. The predicted octanol–water partition coefficient (Wildman–Crippen LogP) is 2.77. The topological polar surface area (TPSA) is 29.3 Å². The Kier molecular flexibility index (Phi) is 3.91. The monoisotopic (exact) mass is 224 g/mol. The molecule has 1 heterocycles. The van der Waals surface area contributed by atoms with Crippen molar-refractivity contribution in [3.63, 3.8) is 0 Å². The van der Waals surface area contributed by atoms with Crippen molar-refractivity contribution in [2.24, 2.45) is 11.7 Å². The second-order valence-electron chi connectivity index (χ2n) is 6.42. The van der Waals surface area contributed by atoms with Gasteiger partial charge in [-0.05, 0) is 52.0 Å². The largest absolute Gasteiger partial charge is 0.327 e. The molecule has 1 aliphatic carbocycles. The van der Waals surface area contributed by atoms with Crippen LogP contribution >= 0.6 is 0 Å². The van der Waals surface area contributed by atoms with Crippen molar-refractivity contribution in [3.05, 3.63) is 0 Å². The van der Waals surface area contributed by atoms with Gasteiger partial charge in [-0.1, -0.05) is 19.3 Å². The van der Waals surface area contributed by atoms with Crippen LogP contribution in [0.3, 0.4) is 0 Å². The molecule has 0 aromatic rings. The van der Waals surface area contributed by atoms with E-state index in [0.29, 0.717) is 11.6 Å². The van der Waals surface area contributed by atoms with Crippen molar-refractivity contribution < 1.29 is 0 Å². The van der Waals surface area contributed by atoms with E-state index in [4.69, 9.17) is 5.73 Å². The average molecular weight is 224 g/mol. The quantitative estimate of drug-likeness (QED) is 0.731. The van der Waals surface area contributed by atoms with Crippen molar-refractivity contribution in [1.29, 1.82) is 0 Å². The van der Waals surface area contributed by atoms with E-state index in [0.717, 1.165) is 5.92 Å². The summed E-state index contributed by atoms with van der Waals surface area (Å²) in [6.07, 6.45) is 9.47. The maximum atomic E-state index is 6.32. The maximum Gasteiger partial charge on any atom is 0.0153 e. The number of rotatable bonds is 2. The zero-order chi connectivity index (χ0) is 11.6. The predicted molar refractivity (Wildman–Crippen MR) is 69.4 cm³/mol. The van der Waals surface area contributed by atoms with Gasteiger partial charge in [0.2, 0.25) is 0 Å². The van der Waals surface area contributed by atoms with Crippen molar-refractivity contribution in [1.82, 2.24) is 4.90 Å². The molecule has 2 N–H and O–H groups in total. The number of nitrogens with two attached hydrogens (primary N) is 1. The van der Waals surface area contributed by atoms with Crippen LogP contribution in [0.15, 0.2) is 0 Å². The first-order valence-corrected chi connectivity index (χ1v) is 7.10. The molecule has 2 rings (SSSR count). The van der Waals surface area contributed by atoms with Gasteiger partial charge in [0, 0.05) is 18.1 Å². The van der Waals surface area contributed by atoms with Crippen molar-refractivity contribution >= 4 is 0 Å². The summed E-state index contributed by atoms with van der Waals surface area (Å²) in [5.41, 5.74) is 6.74. The van der Waals surface area contributed by atoms with Crippen LogP contribution in [0.25, 0.3) is 0 Å². The van der Waals surface area contributed by atoms with Gasteiger partial charge in [0.25, 0.3) is 0 Å². The van der Waals surface area contributed by atoms with E-state index in [1.165, 1.54) is 58.0 Å². The van der Waals surface area contributed by atoms with Crippen LogP contribution in [0.1, 0.15) is 58.8 Å². The minimum Gasteiger partial charge on any atom is -0.327 e. The highest BCUT2D eigenvalue weighted by Crippen LogP contribution is 2.31. The number of hydrogen-bond acceptors (Lipinski definition) is 2. The third-order valence-electron chi connectivity index (χ3n) is 4.75. The van der Waals surface area contributed by atoms with Gasteiger partial charge in [-0.2, -0.15) is 0 Å².